The Kier molecular flexibility index (Phi) is 8.81. The molecule has 0 aliphatic rings. The van der Waals surface area contributed by atoms with Crippen LogP contribution in [0.5, 0.6) is 0 Å². The fraction of sp³-hybridized carbons (Fsp3) is 0.619. The lowest BCUT2D eigenvalue weighted by Crippen LogP contribution is -2.34. The van der Waals surface area contributed by atoms with E-state index in [1.807, 2.05) is 25.5 Å². The lowest BCUT2D eigenvalue weighted by molar-refractivity contribution is -0.121. The standard InChI is InChI=1S/C21H35N5O3S/c1-6-25(7-2)15-14-22-21(27)13-12-20-23-18-16-17(10-11-19(18)24(20)5)30(28,29)26(8-3)9-4/h10-11,16H,6-9,12-15H2,1-5H3,(H,22,27). The van der Waals surface area contributed by atoms with Crippen LogP contribution in [0.15, 0.2) is 23.1 Å². The van der Waals surface area contributed by atoms with E-state index in [1.54, 1.807) is 18.2 Å². The number of aryl methyl sites for hydroxylation is 2. The minimum absolute atomic E-state index is 0.000914. The van der Waals surface area contributed by atoms with Gasteiger partial charge in [0.1, 0.15) is 5.82 Å². The van der Waals surface area contributed by atoms with Gasteiger partial charge < -0.3 is 14.8 Å². The van der Waals surface area contributed by atoms with Crippen molar-refractivity contribution in [2.45, 2.75) is 45.4 Å². The van der Waals surface area contributed by atoms with Crippen molar-refractivity contribution in [2.24, 2.45) is 7.05 Å². The Labute approximate surface area is 180 Å². The first-order valence-corrected chi connectivity index (χ1v) is 12.2. The molecule has 0 atom stereocenters. The number of nitrogens with one attached hydrogen (secondary N) is 1. The highest BCUT2D eigenvalue weighted by Crippen LogP contribution is 2.22. The van der Waals surface area contributed by atoms with Crippen molar-refractivity contribution in [1.82, 2.24) is 24.1 Å². The monoisotopic (exact) mass is 437 g/mol. The molecule has 0 saturated carbocycles. The Morgan fingerprint density at radius 1 is 1.10 bits per heavy atom. The van der Waals surface area contributed by atoms with Crippen LogP contribution in [-0.2, 0) is 28.3 Å². The number of carbonyl (C=O) groups excluding carboxylic acids is 1. The SMILES string of the molecule is CCN(CC)CCNC(=O)CCc1nc2cc(S(=O)(=O)N(CC)CC)ccc2n1C. The fourth-order valence-electron chi connectivity index (χ4n) is 3.53. The average molecular weight is 438 g/mol. The Morgan fingerprint density at radius 3 is 2.37 bits per heavy atom. The second-order valence-corrected chi connectivity index (χ2v) is 9.14. The third-order valence-corrected chi connectivity index (χ3v) is 7.55. The third kappa shape index (κ3) is 5.59. The molecular weight excluding hydrogens is 402 g/mol. The predicted molar refractivity (Wildman–Crippen MR) is 120 cm³/mol. The maximum absolute atomic E-state index is 12.8. The topological polar surface area (TPSA) is 87.5 Å². The van der Waals surface area contributed by atoms with Crippen LogP contribution in [0.25, 0.3) is 11.0 Å². The first-order chi connectivity index (χ1) is 14.3. The van der Waals surface area contributed by atoms with Gasteiger partial charge in [0, 0.05) is 46.1 Å². The maximum atomic E-state index is 12.8. The van der Waals surface area contributed by atoms with Crippen LogP contribution in [0.3, 0.4) is 0 Å². The zero-order valence-corrected chi connectivity index (χ0v) is 19.6. The van der Waals surface area contributed by atoms with Gasteiger partial charge in [-0.3, -0.25) is 4.79 Å². The van der Waals surface area contributed by atoms with E-state index in [0.29, 0.717) is 38.0 Å². The molecule has 1 heterocycles. The molecule has 30 heavy (non-hydrogen) atoms. The zero-order valence-electron chi connectivity index (χ0n) is 18.8. The summed E-state index contributed by atoms with van der Waals surface area (Å²) in [6.45, 7) is 12.1. The molecule has 1 N–H and O–H groups in total. The number of hydrogen-bond acceptors (Lipinski definition) is 5. The highest BCUT2D eigenvalue weighted by Gasteiger charge is 2.22. The van der Waals surface area contributed by atoms with Crippen molar-refractivity contribution in [3.63, 3.8) is 0 Å². The first kappa shape index (κ1) is 24.3. The molecule has 8 nitrogen and oxygen atoms in total. The summed E-state index contributed by atoms with van der Waals surface area (Å²) in [5, 5.41) is 2.96. The van der Waals surface area contributed by atoms with Gasteiger partial charge in [-0.25, -0.2) is 13.4 Å². The molecule has 0 unspecified atom stereocenters. The molecule has 0 fully saturated rings. The Hall–Kier alpha value is -1.97. The van der Waals surface area contributed by atoms with Crippen molar-refractivity contribution in [3.05, 3.63) is 24.0 Å². The molecule has 1 aromatic heterocycles. The highest BCUT2D eigenvalue weighted by molar-refractivity contribution is 7.89. The summed E-state index contributed by atoms with van der Waals surface area (Å²) in [5.41, 5.74) is 1.48. The Bertz CT molecular complexity index is 947. The molecular formula is C21H35N5O3S. The van der Waals surface area contributed by atoms with Gasteiger partial charge >= 0.3 is 0 Å². The van der Waals surface area contributed by atoms with E-state index in [-0.39, 0.29) is 10.8 Å². The number of imidazole rings is 1. The number of carbonyl (C=O) groups is 1. The van der Waals surface area contributed by atoms with Gasteiger partial charge in [0.15, 0.2) is 0 Å². The van der Waals surface area contributed by atoms with Crippen LogP contribution in [0, 0.1) is 0 Å². The van der Waals surface area contributed by atoms with E-state index in [0.717, 1.165) is 31.0 Å². The quantitative estimate of drug-likeness (QED) is 0.549. The largest absolute Gasteiger partial charge is 0.355 e. The molecule has 2 rings (SSSR count). The number of hydrogen-bond donors (Lipinski definition) is 1. The normalized spacial score (nSPS) is 12.2. The van der Waals surface area contributed by atoms with Crippen LogP contribution >= 0.6 is 0 Å². The van der Waals surface area contributed by atoms with E-state index in [1.165, 1.54) is 4.31 Å². The van der Waals surface area contributed by atoms with Gasteiger partial charge in [0.2, 0.25) is 15.9 Å². The van der Waals surface area contributed by atoms with Gasteiger partial charge in [0.05, 0.1) is 15.9 Å². The van der Waals surface area contributed by atoms with Crippen molar-refractivity contribution >= 4 is 27.0 Å². The second kappa shape index (κ2) is 10.9. The molecule has 0 radical (unpaired) electrons. The van der Waals surface area contributed by atoms with E-state index in [2.05, 4.69) is 29.0 Å². The number of amides is 1. The minimum atomic E-state index is -3.53. The second-order valence-electron chi connectivity index (χ2n) is 7.20. The summed E-state index contributed by atoms with van der Waals surface area (Å²) in [4.78, 5) is 19.3. The number of sulfonamides is 1. The molecule has 0 spiro atoms. The summed E-state index contributed by atoms with van der Waals surface area (Å²) < 4.78 is 28.9. The molecule has 0 aliphatic heterocycles. The van der Waals surface area contributed by atoms with Gasteiger partial charge in [-0.2, -0.15) is 4.31 Å². The number of fused-ring (bicyclic) bond motifs is 1. The molecule has 1 aromatic carbocycles. The van der Waals surface area contributed by atoms with E-state index >= 15 is 0 Å². The third-order valence-electron chi connectivity index (χ3n) is 5.51. The van der Waals surface area contributed by atoms with Gasteiger partial charge in [-0.1, -0.05) is 27.7 Å². The van der Waals surface area contributed by atoms with Crippen LogP contribution in [0.2, 0.25) is 0 Å². The fourth-order valence-corrected chi connectivity index (χ4v) is 5.01. The van der Waals surface area contributed by atoms with E-state index in [4.69, 9.17) is 0 Å². The van der Waals surface area contributed by atoms with E-state index in [9.17, 15) is 13.2 Å². The van der Waals surface area contributed by atoms with Crippen LogP contribution in [0.4, 0.5) is 0 Å². The number of likely N-dealkylation sites (N-methyl/N-ethyl adjacent to an activating group) is 1. The Balaban J connectivity index is 2.07. The zero-order chi connectivity index (χ0) is 22.3. The molecule has 168 valence electrons. The number of benzene rings is 1. The number of rotatable bonds is 12. The van der Waals surface area contributed by atoms with Gasteiger partial charge in [0.25, 0.3) is 0 Å². The summed E-state index contributed by atoms with van der Waals surface area (Å²) in [7, 11) is -1.64. The van der Waals surface area contributed by atoms with Gasteiger partial charge in [-0.15, -0.1) is 0 Å². The first-order valence-electron chi connectivity index (χ1n) is 10.7. The molecule has 2 aromatic rings. The molecule has 0 aliphatic carbocycles. The van der Waals surface area contributed by atoms with E-state index < -0.39 is 10.0 Å². The molecule has 1 amide bonds. The summed E-state index contributed by atoms with van der Waals surface area (Å²) in [6.07, 6.45) is 0.848. The number of nitrogens with zero attached hydrogens (tertiary/aromatic N) is 4. The molecule has 9 heteroatoms. The summed E-state index contributed by atoms with van der Waals surface area (Å²) >= 11 is 0. The van der Waals surface area contributed by atoms with Gasteiger partial charge in [-0.05, 0) is 31.3 Å². The summed E-state index contributed by atoms with van der Waals surface area (Å²) in [6, 6.07) is 5.03. The smallest absolute Gasteiger partial charge is 0.243 e. The summed E-state index contributed by atoms with van der Waals surface area (Å²) in [5.74, 6) is 0.764. The van der Waals surface area contributed by atoms with Crippen LogP contribution in [0.1, 0.15) is 39.9 Å². The van der Waals surface area contributed by atoms with Crippen LogP contribution < -0.4 is 5.32 Å². The predicted octanol–water partition coefficient (Wildman–Crippen LogP) is 1.99. The Morgan fingerprint density at radius 2 is 1.77 bits per heavy atom. The number of aromatic nitrogens is 2. The average Bonchev–Trinajstić information content (AvgIpc) is 3.05. The lowest BCUT2D eigenvalue weighted by atomic mass is 10.3. The lowest BCUT2D eigenvalue weighted by Gasteiger charge is -2.18. The molecule has 0 saturated heterocycles. The maximum Gasteiger partial charge on any atom is 0.243 e. The van der Waals surface area contributed by atoms with Crippen molar-refractivity contribution in [3.8, 4) is 0 Å². The van der Waals surface area contributed by atoms with Crippen molar-refractivity contribution < 1.29 is 13.2 Å². The van der Waals surface area contributed by atoms with Crippen molar-refractivity contribution in [2.75, 3.05) is 39.3 Å². The van der Waals surface area contributed by atoms with Crippen molar-refractivity contribution in [1.29, 1.82) is 0 Å². The minimum Gasteiger partial charge on any atom is -0.355 e. The highest BCUT2D eigenvalue weighted by atomic mass is 32.2. The molecule has 0 bridgehead atoms. The van der Waals surface area contributed by atoms with Crippen LogP contribution in [-0.4, -0.2) is 72.3 Å².